The third kappa shape index (κ3) is 1.13. The van der Waals surface area contributed by atoms with Crippen molar-refractivity contribution in [1.82, 2.24) is 5.32 Å². The van der Waals surface area contributed by atoms with Gasteiger partial charge in [0.1, 0.15) is 0 Å². The lowest BCUT2D eigenvalue weighted by Gasteiger charge is -2.46. The number of nitrogens with one attached hydrogen (secondary N) is 1. The van der Waals surface area contributed by atoms with E-state index in [0.29, 0.717) is 6.42 Å². The van der Waals surface area contributed by atoms with Crippen LogP contribution in [-0.4, -0.2) is 22.7 Å². The Morgan fingerprint density at radius 2 is 2.27 bits per heavy atom. The Hall–Kier alpha value is -0.570. The molecule has 62 valence electrons. The summed E-state index contributed by atoms with van der Waals surface area (Å²) in [7, 11) is 0. The molecule has 1 unspecified atom stereocenters. The zero-order valence-corrected chi connectivity index (χ0v) is 6.47. The molecule has 1 saturated heterocycles. The van der Waals surface area contributed by atoms with Gasteiger partial charge in [0.25, 0.3) is 0 Å². The summed E-state index contributed by atoms with van der Waals surface area (Å²) in [6, 6.07) is 0. The van der Waals surface area contributed by atoms with Crippen molar-refractivity contribution in [3.8, 4) is 0 Å². The number of hydrogen-bond donors (Lipinski definition) is 2. The second kappa shape index (κ2) is 2.21. The molecule has 11 heavy (non-hydrogen) atoms. The number of rotatable bonds is 0. The molecule has 0 aromatic carbocycles. The number of piperidine rings is 1. The smallest absolute Gasteiger partial charge is 0.223 e. The number of carbonyl (C=O) groups is 1. The molecule has 0 radical (unpaired) electrons. The average Bonchev–Trinajstić information content (AvgIpc) is 1.82. The predicted octanol–water partition coefficient (Wildman–Crippen LogP) is 0.180. The van der Waals surface area contributed by atoms with E-state index in [2.05, 4.69) is 5.32 Å². The molecule has 2 aliphatic rings. The summed E-state index contributed by atoms with van der Waals surface area (Å²) in [6.07, 6.45) is 3.95. The predicted molar refractivity (Wildman–Crippen MR) is 40.0 cm³/mol. The van der Waals surface area contributed by atoms with Crippen LogP contribution in [0.1, 0.15) is 32.1 Å². The van der Waals surface area contributed by atoms with Gasteiger partial charge in [-0.25, -0.2) is 0 Å². The normalized spacial score (nSPS) is 34.6. The zero-order valence-electron chi connectivity index (χ0n) is 6.47. The molecule has 1 heterocycles. The molecule has 0 aromatic rings. The van der Waals surface area contributed by atoms with Crippen molar-refractivity contribution in [3.63, 3.8) is 0 Å². The molecule has 3 nitrogen and oxygen atoms in total. The number of carbonyl (C=O) groups excluding carboxylic acids is 1. The van der Waals surface area contributed by atoms with Crippen molar-refractivity contribution >= 4 is 5.91 Å². The van der Waals surface area contributed by atoms with Gasteiger partial charge in [-0.05, 0) is 25.7 Å². The highest BCUT2D eigenvalue weighted by atomic mass is 16.3. The van der Waals surface area contributed by atoms with Gasteiger partial charge in [-0.3, -0.25) is 4.79 Å². The molecule has 2 N–H and O–H groups in total. The number of aliphatic hydroxyl groups excluding tert-OH is 1. The first-order valence-corrected chi connectivity index (χ1v) is 4.19. The lowest BCUT2D eigenvalue weighted by atomic mass is 9.71. The molecule has 1 atom stereocenters. The van der Waals surface area contributed by atoms with E-state index in [9.17, 15) is 9.90 Å². The van der Waals surface area contributed by atoms with Gasteiger partial charge in [0.2, 0.25) is 5.91 Å². The molecule has 1 saturated carbocycles. The van der Waals surface area contributed by atoms with Gasteiger partial charge in [0, 0.05) is 5.54 Å². The SMILES string of the molecule is O=C1CC(O)CC2(CCC2)N1. The van der Waals surface area contributed by atoms with Crippen LogP contribution in [0, 0.1) is 0 Å². The van der Waals surface area contributed by atoms with Crippen LogP contribution in [0.25, 0.3) is 0 Å². The van der Waals surface area contributed by atoms with Crippen LogP contribution < -0.4 is 5.32 Å². The molecule has 2 fully saturated rings. The third-order valence-electron chi connectivity index (χ3n) is 2.76. The molecule has 1 amide bonds. The molecular weight excluding hydrogens is 142 g/mol. The van der Waals surface area contributed by atoms with Crippen LogP contribution in [0.2, 0.25) is 0 Å². The van der Waals surface area contributed by atoms with Crippen molar-refractivity contribution in [2.24, 2.45) is 0 Å². The Labute approximate surface area is 65.8 Å². The minimum Gasteiger partial charge on any atom is -0.393 e. The molecule has 0 aromatic heterocycles. The van der Waals surface area contributed by atoms with Crippen LogP contribution in [0.4, 0.5) is 0 Å². The maximum absolute atomic E-state index is 11.0. The summed E-state index contributed by atoms with van der Waals surface area (Å²) in [5.41, 5.74) is -0.00521. The maximum Gasteiger partial charge on any atom is 0.223 e. The van der Waals surface area contributed by atoms with E-state index in [0.717, 1.165) is 19.3 Å². The quantitative estimate of drug-likeness (QED) is 0.524. The molecule has 3 heteroatoms. The van der Waals surface area contributed by atoms with Gasteiger partial charge in [-0.15, -0.1) is 0 Å². The molecular formula is C8H13NO2. The molecule has 2 rings (SSSR count). The monoisotopic (exact) mass is 155 g/mol. The van der Waals surface area contributed by atoms with Crippen LogP contribution in [0.3, 0.4) is 0 Å². The molecule has 1 spiro atoms. The van der Waals surface area contributed by atoms with Crippen molar-refractivity contribution < 1.29 is 9.90 Å². The van der Waals surface area contributed by atoms with E-state index < -0.39 is 6.10 Å². The highest BCUT2D eigenvalue weighted by Crippen LogP contribution is 2.38. The van der Waals surface area contributed by atoms with E-state index >= 15 is 0 Å². The first-order valence-electron chi connectivity index (χ1n) is 4.19. The van der Waals surface area contributed by atoms with Crippen molar-refractivity contribution in [2.75, 3.05) is 0 Å². The first kappa shape index (κ1) is 7.10. The molecule has 1 aliphatic heterocycles. The van der Waals surface area contributed by atoms with Crippen molar-refractivity contribution in [3.05, 3.63) is 0 Å². The highest BCUT2D eigenvalue weighted by molar-refractivity contribution is 5.78. The summed E-state index contributed by atoms with van der Waals surface area (Å²) in [6.45, 7) is 0. The van der Waals surface area contributed by atoms with E-state index in [-0.39, 0.29) is 11.4 Å². The van der Waals surface area contributed by atoms with E-state index in [1.54, 1.807) is 0 Å². The second-order valence-corrected chi connectivity index (χ2v) is 3.74. The number of hydrogen-bond acceptors (Lipinski definition) is 2. The summed E-state index contributed by atoms with van der Waals surface area (Å²) in [5.74, 6) is 0.0171. The molecule has 0 bridgehead atoms. The van der Waals surface area contributed by atoms with E-state index in [1.165, 1.54) is 6.42 Å². The van der Waals surface area contributed by atoms with Gasteiger partial charge in [-0.2, -0.15) is 0 Å². The lowest BCUT2D eigenvalue weighted by Crippen LogP contribution is -2.59. The topological polar surface area (TPSA) is 49.3 Å². The van der Waals surface area contributed by atoms with Gasteiger partial charge in [-0.1, -0.05) is 0 Å². The van der Waals surface area contributed by atoms with E-state index in [4.69, 9.17) is 0 Å². The minimum absolute atomic E-state index is 0.00521. The standard InChI is InChI=1S/C8H13NO2/c10-6-4-7(11)9-8(5-6)2-1-3-8/h6,10H,1-5H2,(H,9,11). The van der Waals surface area contributed by atoms with Crippen LogP contribution in [-0.2, 0) is 4.79 Å². The maximum atomic E-state index is 11.0. The minimum atomic E-state index is -0.399. The van der Waals surface area contributed by atoms with Crippen LogP contribution >= 0.6 is 0 Å². The Balaban J connectivity index is 2.06. The lowest BCUT2D eigenvalue weighted by molar-refractivity contribution is -0.131. The van der Waals surface area contributed by atoms with Gasteiger partial charge >= 0.3 is 0 Å². The summed E-state index contributed by atoms with van der Waals surface area (Å²) < 4.78 is 0. The molecule has 1 aliphatic carbocycles. The van der Waals surface area contributed by atoms with Crippen molar-refractivity contribution in [2.45, 2.75) is 43.7 Å². The van der Waals surface area contributed by atoms with E-state index in [1.807, 2.05) is 0 Å². The van der Waals surface area contributed by atoms with Gasteiger partial charge in [0.05, 0.1) is 12.5 Å². The first-order chi connectivity index (χ1) is 5.20. The Morgan fingerprint density at radius 1 is 1.55 bits per heavy atom. The number of aliphatic hydroxyl groups is 1. The van der Waals surface area contributed by atoms with Crippen molar-refractivity contribution in [1.29, 1.82) is 0 Å². The summed E-state index contributed by atoms with van der Waals surface area (Å²) in [5, 5.41) is 12.3. The largest absolute Gasteiger partial charge is 0.393 e. The number of amides is 1. The Morgan fingerprint density at radius 3 is 2.73 bits per heavy atom. The fourth-order valence-corrected chi connectivity index (χ4v) is 2.07. The zero-order chi connectivity index (χ0) is 7.90. The van der Waals surface area contributed by atoms with Gasteiger partial charge < -0.3 is 10.4 Å². The second-order valence-electron chi connectivity index (χ2n) is 3.74. The highest BCUT2D eigenvalue weighted by Gasteiger charge is 2.43. The summed E-state index contributed by atoms with van der Waals surface area (Å²) in [4.78, 5) is 11.0. The fourth-order valence-electron chi connectivity index (χ4n) is 2.07. The van der Waals surface area contributed by atoms with Crippen LogP contribution in [0.5, 0.6) is 0 Å². The van der Waals surface area contributed by atoms with Crippen LogP contribution in [0.15, 0.2) is 0 Å². The fraction of sp³-hybridized carbons (Fsp3) is 0.875. The Kier molecular flexibility index (Phi) is 1.42. The third-order valence-corrected chi connectivity index (χ3v) is 2.76. The average molecular weight is 155 g/mol. The Bertz CT molecular complexity index is 187. The summed E-state index contributed by atoms with van der Waals surface area (Å²) >= 11 is 0. The van der Waals surface area contributed by atoms with Gasteiger partial charge in [0.15, 0.2) is 0 Å².